The lowest BCUT2D eigenvalue weighted by atomic mass is 10.0. The van der Waals surface area contributed by atoms with Gasteiger partial charge in [0.2, 0.25) is 0 Å². The van der Waals surface area contributed by atoms with Crippen LogP contribution in [0.4, 0.5) is 0 Å². The zero-order valence-electron chi connectivity index (χ0n) is 10.7. The van der Waals surface area contributed by atoms with Gasteiger partial charge in [-0.15, -0.1) is 0 Å². The molecule has 4 heteroatoms. The van der Waals surface area contributed by atoms with E-state index in [1.807, 2.05) is 32.9 Å². The Kier molecular flexibility index (Phi) is 4.71. The van der Waals surface area contributed by atoms with Gasteiger partial charge in [-0.25, -0.2) is 8.42 Å². The number of sulfone groups is 1. The number of rotatable bonds is 5. The molecule has 0 saturated carbocycles. The highest BCUT2D eigenvalue weighted by Gasteiger charge is 2.22. The fourth-order valence-electron chi connectivity index (χ4n) is 1.72. The Labute approximate surface area is 104 Å². The Bertz CT molecular complexity index is 468. The lowest BCUT2D eigenvalue weighted by Gasteiger charge is -2.18. The summed E-state index contributed by atoms with van der Waals surface area (Å²) < 4.78 is 24.4. The maximum Gasteiger partial charge on any atom is 0.180 e. The first-order valence-electron chi connectivity index (χ1n) is 5.92. The summed E-state index contributed by atoms with van der Waals surface area (Å²) in [6, 6.07) is 6.73. The van der Waals surface area contributed by atoms with Crippen molar-refractivity contribution in [1.29, 1.82) is 0 Å². The molecule has 0 fully saturated rings. The van der Waals surface area contributed by atoms with Crippen LogP contribution in [-0.2, 0) is 9.84 Å². The van der Waals surface area contributed by atoms with Gasteiger partial charge in [-0.1, -0.05) is 38.5 Å². The van der Waals surface area contributed by atoms with Gasteiger partial charge in [0.1, 0.15) is 0 Å². The van der Waals surface area contributed by atoms with Crippen LogP contribution in [0.2, 0.25) is 0 Å². The SMILES string of the molecule is CCC(C)C(N)CS(=O)(=O)c1ccccc1C. The molecule has 0 amide bonds. The summed E-state index contributed by atoms with van der Waals surface area (Å²) >= 11 is 0. The molecule has 0 aliphatic heterocycles. The van der Waals surface area contributed by atoms with Crippen molar-refractivity contribution in [3.63, 3.8) is 0 Å². The number of hydrogen-bond acceptors (Lipinski definition) is 3. The fraction of sp³-hybridized carbons (Fsp3) is 0.538. The van der Waals surface area contributed by atoms with Gasteiger partial charge in [0.05, 0.1) is 10.6 Å². The normalized spacial score (nSPS) is 15.5. The van der Waals surface area contributed by atoms with Crippen LogP contribution >= 0.6 is 0 Å². The molecule has 2 atom stereocenters. The third-order valence-corrected chi connectivity index (χ3v) is 5.17. The van der Waals surface area contributed by atoms with Crippen LogP contribution in [0, 0.1) is 12.8 Å². The van der Waals surface area contributed by atoms with Crippen LogP contribution < -0.4 is 5.73 Å². The monoisotopic (exact) mass is 255 g/mol. The fourth-order valence-corrected chi connectivity index (χ4v) is 3.57. The van der Waals surface area contributed by atoms with E-state index in [2.05, 4.69) is 0 Å². The first-order valence-corrected chi connectivity index (χ1v) is 7.57. The van der Waals surface area contributed by atoms with Crippen molar-refractivity contribution in [1.82, 2.24) is 0 Å². The minimum atomic E-state index is -3.27. The molecule has 0 heterocycles. The summed E-state index contributed by atoms with van der Waals surface area (Å²) in [5.41, 5.74) is 6.70. The largest absolute Gasteiger partial charge is 0.327 e. The number of benzene rings is 1. The van der Waals surface area contributed by atoms with Crippen molar-refractivity contribution in [2.75, 3.05) is 5.75 Å². The molecule has 0 spiro atoms. The van der Waals surface area contributed by atoms with E-state index in [0.29, 0.717) is 4.90 Å². The molecule has 1 aromatic carbocycles. The third kappa shape index (κ3) is 3.54. The van der Waals surface area contributed by atoms with Crippen molar-refractivity contribution in [3.05, 3.63) is 29.8 Å². The molecule has 2 unspecified atom stereocenters. The Morgan fingerprint density at radius 3 is 2.41 bits per heavy atom. The van der Waals surface area contributed by atoms with Crippen LogP contribution in [0.1, 0.15) is 25.8 Å². The predicted octanol–water partition coefficient (Wildman–Crippen LogP) is 2.14. The lowest BCUT2D eigenvalue weighted by Crippen LogP contribution is -2.35. The van der Waals surface area contributed by atoms with Crippen molar-refractivity contribution >= 4 is 9.84 Å². The Balaban J connectivity index is 2.94. The molecule has 17 heavy (non-hydrogen) atoms. The molecule has 1 rings (SSSR count). The van der Waals surface area contributed by atoms with E-state index in [1.54, 1.807) is 12.1 Å². The first kappa shape index (κ1) is 14.2. The lowest BCUT2D eigenvalue weighted by molar-refractivity contribution is 0.466. The van der Waals surface area contributed by atoms with Gasteiger partial charge in [0.15, 0.2) is 9.84 Å². The van der Waals surface area contributed by atoms with Gasteiger partial charge in [-0.3, -0.25) is 0 Å². The van der Waals surface area contributed by atoms with Crippen LogP contribution in [0.25, 0.3) is 0 Å². The first-order chi connectivity index (χ1) is 7.88. The molecule has 2 N–H and O–H groups in total. The van der Waals surface area contributed by atoms with Gasteiger partial charge in [-0.2, -0.15) is 0 Å². The zero-order valence-corrected chi connectivity index (χ0v) is 11.5. The van der Waals surface area contributed by atoms with E-state index >= 15 is 0 Å². The average molecular weight is 255 g/mol. The maximum atomic E-state index is 12.2. The van der Waals surface area contributed by atoms with Crippen LogP contribution in [-0.4, -0.2) is 20.2 Å². The molecule has 3 nitrogen and oxygen atoms in total. The van der Waals surface area contributed by atoms with Crippen LogP contribution in [0.5, 0.6) is 0 Å². The second-order valence-electron chi connectivity index (χ2n) is 4.60. The van der Waals surface area contributed by atoms with E-state index < -0.39 is 9.84 Å². The standard InChI is InChI=1S/C13H21NO2S/c1-4-10(2)12(14)9-17(15,16)13-8-6-5-7-11(13)3/h5-8,10,12H,4,9,14H2,1-3H3. The highest BCUT2D eigenvalue weighted by Crippen LogP contribution is 2.18. The maximum absolute atomic E-state index is 12.2. The van der Waals surface area contributed by atoms with Gasteiger partial charge in [0.25, 0.3) is 0 Å². The molecular formula is C13H21NO2S. The summed E-state index contributed by atoms with van der Waals surface area (Å²) in [6.07, 6.45) is 0.893. The summed E-state index contributed by atoms with van der Waals surface area (Å²) in [5.74, 6) is 0.237. The van der Waals surface area contributed by atoms with Gasteiger partial charge in [0, 0.05) is 6.04 Å². The van der Waals surface area contributed by atoms with Crippen molar-refractivity contribution in [2.45, 2.75) is 38.1 Å². The molecule has 0 bridgehead atoms. The predicted molar refractivity (Wildman–Crippen MR) is 70.7 cm³/mol. The summed E-state index contributed by atoms with van der Waals surface area (Å²) in [4.78, 5) is 0.402. The van der Waals surface area contributed by atoms with Crippen molar-refractivity contribution < 1.29 is 8.42 Å². The Morgan fingerprint density at radius 2 is 1.88 bits per heavy atom. The number of hydrogen-bond donors (Lipinski definition) is 1. The summed E-state index contributed by atoms with van der Waals surface area (Å²) in [7, 11) is -3.27. The van der Waals surface area contributed by atoms with Crippen molar-refractivity contribution in [2.24, 2.45) is 11.7 Å². The minimum absolute atomic E-state index is 0.0207. The number of aryl methyl sites for hydroxylation is 1. The third-order valence-electron chi connectivity index (χ3n) is 3.22. The van der Waals surface area contributed by atoms with Gasteiger partial charge < -0.3 is 5.73 Å². The molecule has 0 aliphatic carbocycles. The molecule has 0 saturated heterocycles. The zero-order chi connectivity index (χ0) is 13.1. The van der Waals surface area contributed by atoms with E-state index in [-0.39, 0.29) is 17.7 Å². The smallest absolute Gasteiger partial charge is 0.180 e. The van der Waals surface area contributed by atoms with Crippen molar-refractivity contribution in [3.8, 4) is 0 Å². The molecular weight excluding hydrogens is 234 g/mol. The highest BCUT2D eigenvalue weighted by molar-refractivity contribution is 7.91. The highest BCUT2D eigenvalue weighted by atomic mass is 32.2. The molecule has 0 aliphatic rings. The van der Waals surface area contributed by atoms with E-state index in [0.717, 1.165) is 12.0 Å². The van der Waals surface area contributed by atoms with Gasteiger partial charge >= 0.3 is 0 Å². The van der Waals surface area contributed by atoms with E-state index in [4.69, 9.17) is 5.73 Å². The minimum Gasteiger partial charge on any atom is -0.327 e. The second kappa shape index (κ2) is 5.65. The molecule has 96 valence electrons. The van der Waals surface area contributed by atoms with Crippen LogP contribution in [0.3, 0.4) is 0 Å². The quantitative estimate of drug-likeness (QED) is 0.877. The van der Waals surface area contributed by atoms with E-state index in [1.165, 1.54) is 0 Å². The Morgan fingerprint density at radius 1 is 1.29 bits per heavy atom. The van der Waals surface area contributed by atoms with Crippen LogP contribution in [0.15, 0.2) is 29.2 Å². The molecule has 0 aromatic heterocycles. The topological polar surface area (TPSA) is 60.2 Å². The molecule has 0 radical (unpaired) electrons. The van der Waals surface area contributed by atoms with E-state index in [9.17, 15) is 8.42 Å². The Hall–Kier alpha value is -0.870. The second-order valence-corrected chi connectivity index (χ2v) is 6.60. The average Bonchev–Trinajstić information content (AvgIpc) is 2.27. The summed E-state index contributed by atoms with van der Waals surface area (Å²) in [6.45, 7) is 5.81. The molecule has 1 aromatic rings. The van der Waals surface area contributed by atoms with Gasteiger partial charge in [-0.05, 0) is 24.5 Å². The number of nitrogens with two attached hydrogens (primary N) is 1. The summed E-state index contributed by atoms with van der Waals surface area (Å²) in [5, 5.41) is 0.